The standard InChI is InChI=1S/C15H8ClN3O6/c16-10-5-7(1-3-11(10)19(23)24)12-4-2-8(25-12)6-9-13(20)17-15(22)18-14(9)21/h1-6H,(H2,17,18,20,21,22). The molecule has 0 bridgehead atoms. The Hall–Kier alpha value is -3.46. The maximum Gasteiger partial charge on any atom is 0.328 e. The number of hydrogen-bond acceptors (Lipinski definition) is 6. The number of imide groups is 2. The first-order chi connectivity index (χ1) is 11.8. The molecule has 0 spiro atoms. The van der Waals surface area contributed by atoms with E-state index in [0.29, 0.717) is 11.3 Å². The number of carbonyl (C=O) groups excluding carboxylic acids is 3. The minimum atomic E-state index is -0.896. The molecule has 1 aliphatic heterocycles. The van der Waals surface area contributed by atoms with Gasteiger partial charge >= 0.3 is 6.03 Å². The van der Waals surface area contributed by atoms with Crippen LogP contribution < -0.4 is 10.6 Å². The van der Waals surface area contributed by atoms with Crippen molar-refractivity contribution in [3.05, 3.63) is 56.8 Å². The molecule has 126 valence electrons. The summed E-state index contributed by atoms with van der Waals surface area (Å²) in [4.78, 5) is 44.5. The Balaban J connectivity index is 1.90. The lowest BCUT2D eigenvalue weighted by atomic mass is 10.1. The quantitative estimate of drug-likeness (QED) is 0.373. The summed E-state index contributed by atoms with van der Waals surface area (Å²) in [6.07, 6.45) is 1.17. The largest absolute Gasteiger partial charge is 0.457 e. The molecule has 2 N–H and O–H groups in total. The van der Waals surface area contributed by atoms with Crippen molar-refractivity contribution >= 4 is 41.2 Å². The van der Waals surface area contributed by atoms with Crippen molar-refractivity contribution in [1.82, 2.24) is 10.6 Å². The number of rotatable bonds is 3. The van der Waals surface area contributed by atoms with Gasteiger partial charge in [-0.15, -0.1) is 0 Å². The second-order valence-corrected chi connectivity index (χ2v) is 5.33. The Labute approximate surface area is 144 Å². The van der Waals surface area contributed by atoms with Crippen molar-refractivity contribution in [3.8, 4) is 11.3 Å². The zero-order chi connectivity index (χ0) is 18.1. The van der Waals surface area contributed by atoms with Gasteiger partial charge in [-0.25, -0.2) is 4.79 Å². The highest BCUT2D eigenvalue weighted by atomic mass is 35.5. The van der Waals surface area contributed by atoms with Gasteiger partial charge in [0, 0.05) is 11.6 Å². The van der Waals surface area contributed by atoms with Crippen LogP contribution in [0.5, 0.6) is 0 Å². The fourth-order valence-electron chi connectivity index (χ4n) is 2.14. The Morgan fingerprint density at radius 3 is 2.36 bits per heavy atom. The molecule has 1 saturated heterocycles. The highest BCUT2D eigenvalue weighted by Gasteiger charge is 2.28. The summed E-state index contributed by atoms with van der Waals surface area (Å²) in [5.41, 5.74) is -0.0465. The van der Waals surface area contributed by atoms with Crippen LogP contribution in [0, 0.1) is 10.1 Å². The molecule has 3 rings (SSSR count). The second-order valence-electron chi connectivity index (χ2n) is 4.92. The minimum absolute atomic E-state index is 0.0525. The monoisotopic (exact) mass is 361 g/mol. The van der Waals surface area contributed by atoms with Crippen LogP contribution in [-0.4, -0.2) is 22.8 Å². The number of nitro benzene ring substituents is 1. The minimum Gasteiger partial charge on any atom is -0.457 e. The number of barbiturate groups is 1. The van der Waals surface area contributed by atoms with E-state index < -0.39 is 22.8 Å². The summed E-state index contributed by atoms with van der Waals surface area (Å²) in [5, 5.41) is 14.6. The average Bonchev–Trinajstić information content (AvgIpc) is 2.99. The Bertz CT molecular complexity index is 940. The van der Waals surface area contributed by atoms with Crippen LogP contribution in [-0.2, 0) is 9.59 Å². The second kappa shape index (κ2) is 6.21. The van der Waals surface area contributed by atoms with Gasteiger partial charge in [0.2, 0.25) is 0 Å². The van der Waals surface area contributed by atoms with Crippen molar-refractivity contribution in [3.63, 3.8) is 0 Å². The van der Waals surface area contributed by atoms with Gasteiger partial charge in [0.1, 0.15) is 22.1 Å². The number of halogens is 1. The molecule has 10 heteroatoms. The molecule has 4 amide bonds. The lowest BCUT2D eigenvalue weighted by Crippen LogP contribution is -2.51. The lowest BCUT2D eigenvalue weighted by Gasteiger charge is -2.13. The number of carbonyl (C=O) groups is 3. The van der Waals surface area contributed by atoms with Gasteiger partial charge in [-0.2, -0.15) is 0 Å². The van der Waals surface area contributed by atoms with Crippen LogP contribution >= 0.6 is 11.6 Å². The molecular weight excluding hydrogens is 354 g/mol. The van der Waals surface area contributed by atoms with Crippen molar-refractivity contribution in [2.24, 2.45) is 0 Å². The third-order valence-electron chi connectivity index (χ3n) is 3.29. The Kier molecular flexibility index (Phi) is 4.07. The first kappa shape index (κ1) is 16.4. The Morgan fingerprint density at radius 2 is 1.76 bits per heavy atom. The molecule has 0 atom stereocenters. The van der Waals surface area contributed by atoms with Crippen LogP contribution in [0.4, 0.5) is 10.5 Å². The molecule has 0 radical (unpaired) electrons. The Morgan fingerprint density at radius 1 is 1.08 bits per heavy atom. The summed E-state index contributed by atoms with van der Waals surface area (Å²) in [6.45, 7) is 0. The smallest absolute Gasteiger partial charge is 0.328 e. The fraction of sp³-hybridized carbons (Fsp3) is 0. The number of nitrogens with one attached hydrogen (secondary N) is 2. The van der Waals surface area contributed by atoms with Gasteiger partial charge in [0.05, 0.1) is 4.92 Å². The van der Waals surface area contributed by atoms with Gasteiger partial charge < -0.3 is 4.42 Å². The topological polar surface area (TPSA) is 132 Å². The zero-order valence-corrected chi connectivity index (χ0v) is 13.0. The van der Waals surface area contributed by atoms with Crippen molar-refractivity contribution in [1.29, 1.82) is 0 Å². The van der Waals surface area contributed by atoms with E-state index in [0.717, 1.165) is 0 Å². The zero-order valence-electron chi connectivity index (χ0n) is 12.2. The molecule has 1 fully saturated rings. The molecule has 25 heavy (non-hydrogen) atoms. The molecule has 0 unspecified atom stereocenters. The van der Waals surface area contributed by atoms with Gasteiger partial charge in [-0.1, -0.05) is 11.6 Å². The van der Waals surface area contributed by atoms with Gasteiger partial charge in [-0.05, 0) is 30.3 Å². The third-order valence-corrected chi connectivity index (χ3v) is 3.59. The molecule has 1 aromatic heterocycles. The maximum atomic E-state index is 11.7. The summed E-state index contributed by atoms with van der Waals surface area (Å²) in [6, 6.07) is 6.22. The van der Waals surface area contributed by atoms with Crippen molar-refractivity contribution in [2.45, 2.75) is 0 Å². The van der Waals surface area contributed by atoms with Crippen molar-refractivity contribution < 1.29 is 23.7 Å². The van der Waals surface area contributed by atoms with Gasteiger partial charge in [-0.3, -0.25) is 30.3 Å². The average molecular weight is 362 g/mol. The first-order valence-corrected chi connectivity index (χ1v) is 7.15. The molecule has 2 aromatic rings. The van der Waals surface area contributed by atoms with E-state index in [1.807, 2.05) is 10.6 Å². The molecule has 2 heterocycles. The number of amides is 4. The van der Waals surface area contributed by atoms with Crippen LogP contribution in [0.1, 0.15) is 5.76 Å². The predicted molar refractivity (Wildman–Crippen MR) is 85.5 cm³/mol. The number of benzene rings is 1. The predicted octanol–water partition coefficient (Wildman–Crippen LogP) is 2.26. The number of furan rings is 1. The van der Waals surface area contributed by atoms with E-state index in [-0.39, 0.29) is 22.0 Å². The summed E-state index contributed by atoms with van der Waals surface area (Å²) >= 11 is 5.86. The van der Waals surface area contributed by atoms with E-state index in [4.69, 9.17) is 16.0 Å². The lowest BCUT2D eigenvalue weighted by molar-refractivity contribution is -0.384. The van der Waals surface area contributed by atoms with E-state index in [1.54, 1.807) is 6.07 Å². The van der Waals surface area contributed by atoms with Crippen LogP contribution in [0.15, 0.2) is 40.3 Å². The molecule has 0 saturated carbocycles. The van der Waals surface area contributed by atoms with Crippen LogP contribution in [0.3, 0.4) is 0 Å². The van der Waals surface area contributed by atoms with Crippen molar-refractivity contribution in [2.75, 3.05) is 0 Å². The molecular formula is C15H8ClN3O6. The molecule has 9 nitrogen and oxygen atoms in total. The number of urea groups is 1. The van der Waals surface area contributed by atoms with Gasteiger partial charge in [0.15, 0.2) is 0 Å². The van der Waals surface area contributed by atoms with E-state index in [9.17, 15) is 24.5 Å². The number of nitro groups is 1. The summed E-state index contributed by atoms with van der Waals surface area (Å²) in [7, 11) is 0. The van der Waals surface area contributed by atoms with E-state index >= 15 is 0 Å². The molecule has 0 aliphatic carbocycles. The SMILES string of the molecule is O=C1NC(=O)C(=Cc2ccc(-c3ccc([N+](=O)[O-])c(Cl)c3)o2)C(=O)N1. The highest BCUT2D eigenvalue weighted by Crippen LogP contribution is 2.31. The van der Waals surface area contributed by atoms with E-state index in [1.165, 1.54) is 30.3 Å². The molecule has 1 aliphatic rings. The number of hydrogen-bond donors (Lipinski definition) is 2. The van der Waals surface area contributed by atoms with Crippen LogP contribution in [0.2, 0.25) is 5.02 Å². The third kappa shape index (κ3) is 3.26. The summed E-state index contributed by atoms with van der Waals surface area (Å²) in [5.74, 6) is -1.18. The molecule has 1 aromatic carbocycles. The van der Waals surface area contributed by atoms with Crippen LogP contribution in [0.25, 0.3) is 17.4 Å². The highest BCUT2D eigenvalue weighted by molar-refractivity contribution is 6.33. The van der Waals surface area contributed by atoms with Gasteiger partial charge in [0.25, 0.3) is 17.5 Å². The fourth-order valence-corrected chi connectivity index (χ4v) is 2.39. The maximum absolute atomic E-state index is 11.7. The summed E-state index contributed by atoms with van der Waals surface area (Å²) < 4.78 is 5.50. The normalized spacial score (nSPS) is 14.1. The van der Waals surface area contributed by atoms with E-state index in [2.05, 4.69) is 0 Å². The first-order valence-electron chi connectivity index (χ1n) is 6.77. The number of nitrogens with zero attached hydrogens (tertiary/aromatic N) is 1.